The van der Waals surface area contributed by atoms with E-state index >= 15 is 0 Å². The quantitative estimate of drug-likeness (QED) is 0.720. The Morgan fingerprint density at radius 2 is 1.94 bits per heavy atom. The molecular formula is C9H7N5O3. The number of rotatable bonds is 3. The molecule has 0 unspecified atom stereocenters. The van der Waals surface area contributed by atoms with E-state index in [1.807, 2.05) is 0 Å². The van der Waals surface area contributed by atoms with Crippen molar-refractivity contribution in [2.75, 3.05) is 0 Å². The number of amides is 2. The Bertz CT molecular complexity index is 592. The third kappa shape index (κ3) is 1.83. The number of hydrogen-bond donors (Lipinski definition) is 2. The van der Waals surface area contributed by atoms with Gasteiger partial charge in [0.05, 0.1) is 5.56 Å². The number of nitrogens with zero attached hydrogens (tertiary/aromatic N) is 3. The van der Waals surface area contributed by atoms with Crippen LogP contribution in [0.15, 0.2) is 23.1 Å². The van der Waals surface area contributed by atoms with Crippen LogP contribution in [0.3, 0.4) is 0 Å². The van der Waals surface area contributed by atoms with Gasteiger partial charge >= 0.3 is 0 Å². The fourth-order valence-corrected chi connectivity index (χ4v) is 1.32. The maximum atomic E-state index is 11.2. The first-order chi connectivity index (χ1) is 8.11. The highest BCUT2D eigenvalue weighted by molar-refractivity contribution is 6.03. The largest absolute Gasteiger partial charge is 0.366 e. The lowest BCUT2D eigenvalue weighted by molar-refractivity contribution is 0.0985. The lowest BCUT2D eigenvalue weighted by Gasteiger charge is -2.01. The van der Waals surface area contributed by atoms with Crippen LogP contribution in [0.4, 0.5) is 0 Å². The highest BCUT2D eigenvalue weighted by Gasteiger charge is 2.21. The monoisotopic (exact) mass is 233 g/mol. The van der Waals surface area contributed by atoms with Crippen molar-refractivity contribution in [2.24, 2.45) is 11.5 Å². The summed E-state index contributed by atoms with van der Waals surface area (Å²) in [5.74, 6) is -1.50. The molecule has 0 radical (unpaired) electrons. The van der Waals surface area contributed by atoms with Gasteiger partial charge in [-0.3, -0.25) is 14.6 Å². The van der Waals surface area contributed by atoms with Gasteiger partial charge in [-0.25, -0.2) is 4.63 Å². The molecule has 0 saturated carbocycles. The lowest BCUT2D eigenvalue weighted by atomic mass is 10.1. The molecule has 0 fully saturated rings. The van der Waals surface area contributed by atoms with E-state index in [1.54, 1.807) is 0 Å². The van der Waals surface area contributed by atoms with E-state index in [4.69, 9.17) is 11.5 Å². The average molecular weight is 233 g/mol. The van der Waals surface area contributed by atoms with Crippen molar-refractivity contribution in [2.45, 2.75) is 0 Å². The van der Waals surface area contributed by atoms with E-state index in [0.29, 0.717) is 0 Å². The molecule has 0 aromatic carbocycles. The molecule has 0 aliphatic carbocycles. The van der Waals surface area contributed by atoms with Gasteiger partial charge in [0.2, 0.25) is 5.91 Å². The van der Waals surface area contributed by atoms with Gasteiger partial charge in [-0.2, -0.15) is 0 Å². The van der Waals surface area contributed by atoms with E-state index < -0.39 is 11.8 Å². The van der Waals surface area contributed by atoms with Crippen LogP contribution in [0.5, 0.6) is 0 Å². The van der Waals surface area contributed by atoms with Gasteiger partial charge in [-0.1, -0.05) is 0 Å². The fourth-order valence-electron chi connectivity index (χ4n) is 1.32. The van der Waals surface area contributed by atoms with Gasteiger partial charge in [0.15, 0.2) is 11.4 Å². The molecule has 8 heteroatoms. The Hall–Kier alpha value is -2.77. The molecule has 2 rings (SSSR count). The van der Waals surface area contributed by atoms with E-state index in [9.17, 15) is 9.59 Å². The van der Waals surface area contributed by atoms with Crippen molar-refractivity contribution >= 4 is 11.8 Å². The molecule has 0 bridgehead atoms. The topological polar surface area (TPSA) is 138 Å². The maximum Gasteiger partial charge on any atom is 0.273 e. The van der Waals surface area contributed by atoms with Crippen LogP contribution in [-0.4, -0.2) is 27.1 Å². The Labute approximate surface area is 94.6 Å². The number of pyridine rings is 1. The van der Waals surface area contributed by atoms with Gasteiger partial charge < -0.3 is 11.5 Å². The van der Waals surface area contributed by atoms with E-state index in [-0.39, 0.29) is 22.5 Å². The first-order valence-electron chi connectivity index (χ1n) is 4.48. The first-order valence-corrected chi connectivity index (χ1v) is 4.48. The second kappa shape index (κ2) is 4.00. The predicted molar refractivity (Wildman–Crippen MR) is 54.6 cm³/mol. The summed E-state index contributed by atoms with van der Waals surface area (Å²) in [5.41, 5.74) is 10.5. The fraction of sp³-hybridized carbons (Fsp3) is 0. The molecule has 86 valence electrons. The Morgan fingerprint density at radius 1 is 1.18 bits per heavy atom. The second-order valence-electron chi connectivity index (χ2n) is 3.11. The molecular weight excluding hydrogens is 226 g/mol. The zero-order chi connectivity index (χ0) is 12.4. The lowest BCUT2D eigenvalue weighted by Crippen LogP contribution is -2.15. The molecule has 4 N–H and O–H groups in total. The van der Waals surface area contributed by atoms with Crippen molar-refractivity contribution in [1.82, 2.24) is 15.3 Å². The maximum absolute atomic E-state index is 11.2. The minimum atomic E-state index is -0.819. The predicted octanol–water partition coefficient (Wildman–Crippen LogP) is -0.671. The van der Waals surface area contributed by atoms with E-state index in [0.717, 1.165) is 0 Å². The SMILES string of the molecule is NC(=O)c1ccncc1-c1nonc1C(N)=O. The van der Waals surface area contributed by atoms with Gasteiger partial charge in [0.25, 0.3) is 5.91 Å². The minimum Gasteiger partial charge on any atom is -0.366 e. The van der Waals surface area contributed by atoms with Crippen molar-refractivity contribution < 1.29 is 14.2 Å². The van der Waals surface area contributed by atoms with Crippen LogP contribution in [0.25, 0.3) is 11.3 Å². The molecule has 2 amide bonds. The van der Waals surface area contributed by atoms with Gasteiger partial charge in [0, 0.05) is 18.0 Å². The van der Waals surface area contributed by atoms with Gasteiger partial charge in [0.1, 0.15) is 0 Å². The number of aromatic nitrogens is 3. The van der Waals surface area contributed by atoms with Crippen LogP contribution < -0.4 is 11.5 Å². The van der Waals surface area contributed by atoms with Crippen molar-refractivity contribution in [3.63, 3.8) is 0 Å². The van der Waals surface area contributed by atoms with Crippen LogP contribution in [-0.2, 0) is 0 Å². The molecule has 0 saturated heterocycles. The molecule has 0 aliphatic heterocycles. The summed E-state index contributed by atoms with van der Waals surface area (Å²) in [6.45, 7) is 0. The Kier molecular flexibility index (Phi) is 2.53. The highest BCUT2D eigenvalue weighted by atomic mass is 16.6. The molecule has 0 aliphatic rings. The molecule has 17 heavy (non-hydrogen) atoms. The summed E-state index contributed by atoms with van der Waals surface area (Å²) >= 11 is 0. The summed E-state index contributed by atoms with van der Waals surface area (Å²) in [7, 11) is 0. The smallest absolute Gasteiger partial charge is 0.273 e. The van der Waals surface area contributed by atoms with Crippen LogP contribution in [0.2, 0.25) is 0 Å². The normalized spacial score (nSPS) is 10.1. The van der Waals surface area contributed by atoms with Crippen molar-refractivity contribution in [3.05, 3.63) is 29.7 Å². The van der Waals surface area contributed by atoms with Gasteiger partial charge in [-0.05, 0) is 16.4 Å². The number of primary amides is 2. The van der Waals surface area contributed by atoms with E-state index in [1.165, 1.54) is 18.5 Å². The third-order valence-electron chi connectivity index (χ3n) is 2.06. The summed E-state index contributed by atoms with van der Waals surface area (Å²) in [6.07, 6.45) is 2.72. The van der Waals surface area contributed by atoms with Crippen LogP contribution in [0.1, 0.15) is 20.8 Å². The Balaban J connectivity index is 2.64. The summed E-state index contributed by atoms with van der Waals surface area (Å²) in [5, 5.41) is 6.87. The summed E-state index contributed by atoms with van der Waals surface area (Å²) < 4.78 is 4.42. The zero-order valence-electron chi connectivity index (χ0n) is 8.45. The number of hydrogen-bond acceptors (Lipinski definition) is 6. The summed E-state index contributed by atoms with van der Waals surface area (Å²) in [6, 6.07) is 1.40. The molecule has 0 atom stereocenters. The van der Waals surface area contributed by atoms with Crippen molar-refractivity contribution in [3.8, 4) is 11.3 Å². The standard InChI is InChI=1S/C9H7N5O3/c10-8(15)4-1-2-12-3-5(4)6-7(9(11)16)14-17-13-6/h1-3H,(H2,10,15)(H2,11,16). The number of nitrogens with two attached hydrogens (primary N) is 2. The molecule has 2 heterocycles. The number of carbonyl (C=O) groups is 2. The third-order valence-corrected chi connectivity index (χ3v) is 2.06. The molecule has 8 nitrogen and oxygen atoms in total. The second-order valence-corrected chi connectivity index (χ2v) is 3.11. The average Bonchev–Trinajstić information content (AvgIpc) is 2.77. The summed E-state index contributed by atoms with van der Waals surface area (Å²) in [4.78, 5) is 26.1. The number of carbonyl (C=O) groups excluding carboxylic acids is 2. The minimum absolute atomic E-state index is 0.0411. The molecule has 0 spiro atoms. The zero-order valence-corrected chi connectivity index (χ0v) is 8.45. The molecule has 2 aromatic rings. The van der Waals surface area contributed by atoms with E-state index in [2.05, 4.69) is 19.9 Å². The Morgan fingerprint density at radius 3 is 2.59 bits per heavy atom. The molecule has 2 aromatic heterocycles. The van der Waals surface area contributed by atoms with Crippen LogP contribution >= 0.6 is 0 Å². The van der Waals surface area contributed by atoms with Crippen LogP contribution in [0, 0.1) is 0 Å². The van der Waals surface area contributed by atoms with Gasteiger partial charge in [-0.15, -0.1) is 0 Å². The van der Waals surface area contributed by atoms with Crippen molar-refractivity contribution in [1.29, 1.82) is 0 Å². The highest BCUT2D eigenvalue weighted by Crippen LogP contribution is 2.22. The first kappa shape index (κ1) is 10.7.